The summed E-state index contributed by atoms with van der Waals surface area (Å²) in [5, 5.41) is 13.0. The summed E-state index contributed by atoms with van der Waals surface area (Å²) in [6.45, 7) is 3.99. The van der Waals surface area contributed by atoms with Crippen LogP contribution in [0.3, 0.4) is 0 Å². The summed E-state index contributed by atoms with van der Waals surface area (Å²) in [4.78, 5) is 28.9. The van der Waals surface area contributed by atoms with Gasteiger partial charge in [0.2, 0.25) is 0 Å². The van der Waals surface area contributed by atoms with Crippen molar-refractivity contribution in [2.75, 3.05) is 19.0 Å². The molecule has 1 unspecified atom stereocenters. The molecule has 4 N–H and O–H groups in total. The molecule has 1 atom stereocenters. The fourth-order valence-electron chi connectivity index (χ4n) is 3.46. The first-order valence-corrected chi connectivity index (χ1v) is 11.2. The predicted octanol–water partition coefficient (Wildman–Crippen LogP) is 3.13. The second-order valence-corrected chi connectivity index (χ2v) is 8.61. The van der Waals surface area contributed by atoms with E-state index in [9.17, 15) is 9.59 Å². The van der Waals surface area contributed by atoms with Gasteiger partial charge in [-0.25, -0.2) is 10.5 Å². The Morgan fingerprint density at radius 1 is 1.14 bits per heavy atom. The van der Waals surface area contributed by atoms with Crippen molar-refractivity contribution in [2.24, 2.45) is 10.3 Å². The number of oxazole rings is 1. The monoisotopic (exact) mass is 493 g/mol. The first kappa shape index (κ1) is 24.7. The van der Waals surface area contributed by atoms with Crippen molar-refractivity contribution in [3.05, 3.63) is 60.6 Å². The molecular weight excluding hydrogens is 466 g/mol. The quantitative estimate of drug-likeness (QED) is 0.332. The number of aromatic nitrogens is 1. The highest BCUT2D eigenvalue weighted by Crippen LogP contribution is 2.32. The van der Waals surface area contributed by atoms with Crippen molar-refractivity contribution in [1.29, 1.82) is 0 Å². The molecule has 1 aromatic heterocycles. The van der Waals surface area contributed by atoms with Crippen LogP contribution in [-0.4, -0.2) is 36.1 Å². The minimum atomic E-state index is -0.791. The maximum atomic E-state index is 12.5. The summed E-state index contributed by atoms with van der Waals surface area (Å²) >= 11 is 0. The highest BCUT2D eigenvalue weighted by Gasteiger charge is 2.25. The SMILES string of the molecule is COc1cc(NC(=O)C(=O)NC(C)(C)CCOc2ccc(C3N=NNN3)cc2)ccc1-c1cnco1. The zero-order valence-electron chi connectivity index (χ0n) is 20.1. The maximum absolute atomic E-state index is 12.5. The van der Waals surface area contributed by atoms with Crippen LogP contribution >= 0.6 is 0 Å². The lowest BCUT2D eigenvalue weighted by molar-refractivity contribution is -0.137. The van der Waals surface area contributed by atoms with Crippen LogP contribution in [0.5, 0.6) is 11.5 Å². The highest BCUT2D eigenvalue weighted by molar-refractivity contribution is 6.39. The number of nitrogens with zero attached hydrogens (tertiary/aromatic N) is 3. The molecule has 2 amide bonds. The number of rotatable bonds is 9. The van der Waals surface area contributed by atoms with Crippen LogP contribution in [0.15, 0.2) is 69.8 Å². The number of carbonyl (C=O) groups excluding carboxylic acids is 2. The van der Waals surface area contributed by atoms with Crippen molar-refractivity contribution in [1.82, 2.24) is 21.3 Å². The Kier molecular flexibility index (Phi) is 7.44. The number of hydrazine groups is 1. The molecule has 1 aliphatic heterocycles. The fourth-order valence-corrected chi connectivity index (χ4v) is 3.46. The van der Waals surface area contributed by atoms with Crippen molar-refractivity contribution in [3.8, 4) is 22.8 Å². The van der Waals surface area contributed by atoms with Gasteiger partial charge < -0.3 is 24.5 Å². The average molecular weight is 494 g/mol. The molecule has 0 saturated carbocycles. The van der Waals surface area contributed by atoms with Crippen LogP contribution in [0.1, 0.15) is 32.0 Å². The number of amides is 2. The molecule has 2 aromatic carbocycles. The Morgan fingerprint density at radius 2 is 1.94 bits per heavy atom. The number of methoxy groups -OCH3 is 1. The normalized spacial score (nSPS) is 14.7. The van der Waals surface area contributed by atoms with Gasteiger partial charge in [0.1, 0.15) is 11.5 Å². The smallest absolute Gasteiger partial charge is 0.313 e. The lowest BCUT2D eigenvalue weighted by atomic mass is 10.0. The first-order valence-electron chi connectivity index (χ1n) is 11.2. The molecule has 0 bridgehead atoms. The Labute approximate surface area is 207 Å². The zero-order valence-corrected chi connectivity index (χ0v) is 20.1. The number of hydrogen-bond donors (Lipinski definition) is 4. The van der Waals surface area contributed by atoms with E-state index >= 15 is 0 Å². The molecule has 0 radical (unpaired) electrons. The van der Waals surface area contributed by atoms with Crippen molar-refractivity contribution < 1.29 is 23.5 Å². The number of carbonyl (C=O) groups is 2. The molecule has 1 aliphatic rings. The van der Waals surface area contributed by atoms with E-state index < -0.39 is 17.4 Å². The number of hydrogen-bond acceptors (Lipinski definition) is 10. The molecular formula is C24H27N7O5. The van der Waals surface area contributed by atoms with Gasteiger partial charge in [-0.3, -0.25) is 9.59 Å². The van der Waals surface area contributed by atoms with Crippen LogP contribution in [-0.2, 0) is 9.59 Å². The van der Waals surface area contributed by atoms with Gasteiger partial charge in [0.15, 0.2) is 18.3 Å². The van der Waals surface area contributed by atoms with E-state index in [-0.39, 0.29) is 6.17 Å². The summed E-state index contributed by atoms with van der Waals surface area (Å²) in [7, 11) is 1.50. The summed E-state index contributed by atoms with van der Waals surface area (Å²) < 4.78 is 16.5. The van der Waals surface area contributed by atoms with Crippen LogP contribution in [0.25, 0.3) is 11.3 Å². The molecule has 36 heavy (non-hydrogen) atoms. The lowest BCUT2D eigenvalue weighted by Gasteiger charge is -2.26. The van der Waals surface area contributed by atoms with E-state index in [4.69, 9.17) is 13.9 Å². The van der Waals surface area contributed by atoms with Gasteiger partial charge in [-0.2, -0.15) is 5.43 Å². The molecule has 0 fully saturated rings. The Morgan fingerprint density at radius 3 is 2.61 bits per heavy atom. The summed E-state index contributed by atoms with van der Waals surface area (Å²) in [5.74, 6) is 0.132. The van der Waals surface area contributed by atoms with Gasteiger partial charge in [0.25, 0.3) is 0 Å². The standard InChI is InChI=1S/C24H27N7O5/c1-24(2,10-11-35-17-7-4-15(5-8-17)21-28-30-31-29-21)27-23(33)22(32)26-16-6-9-18(19(12-16)34-3)20-13-25-14-36-20/h4-9,12-14,21H,10-11H2,1-3H3,(H,26,32)(H,27,33)(H,28,31)(H,29,30). The van der Waals surface area contributed by atoms with Gasteiger partial charge in [-0.1, -0.05) is 17.4 Å². The van der Waals surface area contributed by atoms with E-state index in [2.05, 4.69) is 36.9 Å². The summed E-state index contributed by atoms with van der Waals surface area (Å²) in [6, 6.07) is 12.4. The molecule has 0 spiro atoms. The average Bonchev–Trinajstić information content (AvgIpc) is 3.59. The van der Waals surface area contributed by atoms with Crippen LogP contribution in [0.4, 0.5) is 5.69 Å². The Balaban J connectivity index is 1.26. The van der Waals surface area contributed by atoms with E-state index in [1.54, 1.807) is 24.4 Å². The van der Waals surface area contributed by atoms with Crippen LogP contribution in [0.2, 0.25) is 0 Å². The van der Waals surface area contributed by atoms with Crippen molar-refractivity contribution >= 4 is 17.5 Å². The van der Waals surface area contributed by atoms with Crippen molar-refractivity contribution in [2.45, 2.75) is 32.0 Å². The minimum Gasteiger partial charge on any atom is -0.496 e. The third-order valence-electron chi connectivity index (χ3n) is 5.43. The zero-order chi connectivity index (χ0) is 25.5. The van der Waals surface area contributed by atoms with E-state index in [0.29, 0.717) is 41.5 Å². The highest BCUT2D eigenvalue weighted by atomic mass is 16.5. The molecule has 3 aromatic rings. The molecule has 0 saturated heterocycles. The van der Waals surface area contributed by atoms with Gasteiger partial charge in [0.05, 0.1) is 25.5 Å². The molecule has 0 aliphatic carbocycles. The Bertz CT molecular complexity index is 1230. The third kappa shape index (κ3) is 6.16. The number of nitrogens with one attached hydrogen (secondary N) is 4. The van der Waals surface area contributed by atoms with E-state index in [1.165, 1.54) is 13.5 Å². The van der Waals surface area contributed by atoms with E-state index in [1.807, 2.05) is 38.1 Å². The maximum Gasteiger partial charge on any atom is 0.313 e. The molecule has 12 heteroatoms. The van der Waals surface area contributed by atoms with Crippen LogP contribution < -0.4 is 31.1 Å². The molecule has 12 nitrogen and oxygen atoms in total. The molecule has 188 valence electrons. The summed E-state index contributed by atoms with van der Waals surface area (Å²) in [5.41, 5.74) is 6.84. The lowest BCUT2D eigenvalue weighted by Crippen LogP contribution is -2.48. The topological polar surface area (TPSA) is 151 Å². The van der Waals surface area contributed by atoms with Gasteiger partial charge in [-0.05, 0) is 43.7 Å². The molecule has 2 heterocycles. The largest absolute Gasteiger partial charge is 0.496 e. The van der Waals surface area contributed by atoms with Crippen LogP contribution in [0, 0.1) is 0 Å². The molecule has 4 rings (SSSR count). The van der Waals surface area contributed by atoms with Gasteiger partial charge in [0, 0.05) is 23.7 Å². The second kappa shape index (κ2) is 10.9. The third-order valence-corrected chi connectivity index (χ3v) is 5.43. The number of anilines is 1. The van der Waals surface area contributed by atoms with Crippen molar-refractivity contribution in [3.63, 3.8) is 0 Å². The minimum absolute atomic E-state index is 0.230. The number of benzene rings is 2. The fraction of sp³-hybridized carbons (Fsp3) is 0.292. The Hall–Kier alpha value is -4.45. The van der Waals surface area contributed by atoms with E-state index in [0.717, 1.165) is 5.56 Å². The number of ether oxygens (including phenoxy) is 2. The summed E-state index contributed by atoms with van der Waals surface area (Å²) in [6.07, 6.45) is 3.13. The second-order valence-electron chi connectivity index (χ2n) is 8.61. The van der Waals surface area contributed by atoms with Gasteiger partial charge in [-0.15, -0.1) is 5.11 Å². The first-order chi connectivity index (χ1) is 17.3. The predicted molar refractivity (Wildman–Crippen MR) is 130 cm³/mol. The van der Waals surface area contributed by atoms with Gasteiger partial charge >= 0.3 is 11.8 Å².